The lowest BCUT2D eigenvalue weighted by molar-refractivity contribution is 0.237. The Morgan fingerprint density at radius 3 is 2.33 bits per heavy atom. The zero-order valence-corrected chi connectivity index (χ0v) is 9.07. The molecular formula is C9H15Cl2N. The van der Waals surface area contributed by atoms with Crippen molar-refractivity contribution in [2.75, 3.05) is 6.54 Å². The van der Waals surface area contributed by atoms with Gasteiger partial charge in [-0.25, -0.2) is 0 Å². The van der Waals surface area contributed by atoms with Crippen molar-refractivity contribution >= 4 is 23.2 Å². The summed E-state index contributed by atoms with van der Waals surface area (Å²) >= 11 is 11.4. The molecule has 0 spiro atoms. The zero-order valence-electron chi connectivity index (χ0n) is 7.56. The summed E-state index contributed by atoms with van der Waals surface area (Å²) in [5.41, 5.74) is 1.46. The maximum absolute atomic E-state index is 5.86. The van der Waals surface area contributed by atoms with E-state index in [0.29, 0.717) is 12.1 Å². The summed E-state index contributed by atoms with van der Waals surface area (Å²) in [5.74, 6) is 0. The third-order valence-corrected chi connectivity index (χ3v) is 3.19. The minimum Gasteiger partial charge on any atom is -0.293 e. The van der Waals surface area contributed by atoms with E-state index in [1.807, 2.05) is 0 Å². The van der Waals surface area contributed by atoms with E-state index in [4.69, 9.17) is 23.2 Å². The van der Waals surface area contributed by atoms with Crippen LogP contribution in [0.4, 0.5) is 0 Å². The molecule has 0 N–H and O–H groups in total. The zero-order chi connectivity index (χ0) is 9.14. The van der Waals surface area contributed by atoms with E-state index in [0.717, 1.165) is 11.6 Å². The van der Waals surface area contributed by atoms with E-state index in [2.05, 4.69) is 18.7 Å². The number of halogens is 2. The predicted octanol–water partition coefficient (Wildman–Crippen LogP) is 3.18. The van der Waals surface area contributed by atoms with Crippen molar-refractivity contribution in [3.8, 4) is 0 Å². The highest BCUT2D eigenvalue weighted by Crippen LogP contribution is 2.25. The average Bonchev–Trinajstić information content (AvgIpc) is 2.35. The molecule has 0 bridgehead atoms. The summed E-state index contributed by atoms with van der Waals surface area (Å²) in [5, 5.41) is 0.734. The number of likely N-dealkylation sites (tertiary alicyclic amines) is 1. The Bertz CT molecular complexity index is 169. The van der Waals surface area contributed by atoms with Crippen molar-refractivity contribution in [3.05, 3.63) is 10.6 Å². The minimum absolute atomic E-state index is 0.644. The molecule has 1 saturated heterocycles. The quantitative estimate of drug-likeness (QED) is 0.673. The highest BCUT2D eigenvalue weighted by molar-refractivity contribution is 6.36. The molecule has 1 heterocycles. The Morgan fingerprint density at radius 2 is 1.92 bits per heavy atom. The molecule has 2 atom stereocenters. The fourth-order valence-electron chi connectivity index (χ4n) is 1.77. The average molecular weight is 208 g/mol. The van der Waals surface area contributed by atoms with Crippen LogP contribution in [0.5, 0.6) is 0 Å². The van der Waals surface area contributed by atoms with Crippen LogP contribution < -0.4 is 0 Å². The van der Waals surface area contributed by atoms with Gasteiger partial charge in [0, 0.05) is 29.2 Å². The fraction of sp³-hybridized carbons (Fsp3) is 0.778. The van der Waals surface area contributed by atoms with Gasteiger partial charge in [-0.05, 0) is 26.7 Å². The number of rotatable bonds is 2. The van der Waals surface area contributed by atoms with Gasteiger partial charge in [-0.1, -0.05) is 23.2 Å². The molecule has 1 rings (SSSR count). The van der Waals surface area contributed by atoms with Gasteiger partial charge in [0.25, 0.3) is 0 Å². The smallest absolute Gasteiger partial charge is 0.0434 e. The van der Waals surface area contributed by atoms with Gasteiger partial charge in [-0.2, -0.15) is 0 Å². The number of nitrogens with zero attached hydrogens (tertiary/aromatic N) is 1. The monoisotopic (exact) mass is 207 g/mol. The highest BCUT2D eigenvalue weighted by Gasteiger charge is 2.26. The fourth-order valence-corrected chi connectivity index (χ4v) is 1.98. The van der Waals surface area contributed by atoms with Crippen LogP contribution in [-0.2, 0) is 0 Å². The van der Waals surface area contributed by atoms with Crippen LogP contribution in [0.1, 0.15) is 26.7 Å². The van der Waals surface area contributed by atoms with Crippen LogP contribution in [0.2, 0.25) is 0 Å². The molecule has 2 unspecified atom stereocenters. The predicted molar refractivity (Wildman–Crippen MR) is 54.7 cm³/mol. The van der Waals surface area contributed by atoms with Crippen LogP contribution in [-0.4, -0.2) is 23.5 Å². The largest absolute Gasteiger partial charge is 0.293 e. The molecule has 3 heteroatoms. The lowest BCUT2D eigenvalue weighted by Gasteiger charge is -2.25. The summed E-state index contributed by atoms with van der Waals surface area (Å²) in [6.07, 6.45) is 2.54. The van der Waals surface area contributed by atoms with Crippen LogP contribution in [0.25, 0.3) is 0 Å². The Morgan fingerprint density at radius 1 is 1.42 bits per heavy atom. The van der Waals surface area contributed by atoms with Gasteiger partial charge in [-0.15, -0.1) is 0 Å². The lowest BCUT2D eigenvalue weighted by Crippen LogP contribution is -2.33. The SMILES string of the molecule is CC1CCC(C)N1C/C(Cl)=C/Cl. The van der Waals surface area contributed by atoms with Gasteiger partial charge in [0.15, 0.2) is 0 Å². The van der Waals surface area contributed by atoms with Gasteiger partial charge in [0.2, 0.25) is 0 Å². The molecule has 70 valence electrons. The van der Waals surface area contributed by atoms with Crippen molar-refractivity contribution in [3.63, 3.8) is 0 Å². The first-order chi connectivity index (χ1) is 5.65. The van der Waals surface area contributed by atoms with Gasteiger partial charge in [0.05, 0.1) is 0 Å². The molecule has 0 radical (unpaired) electrons. The summed E-state index contributed by atoms with van der Waals surface area (Å²) < 4.78 is 0. The molecule has 0 aromatic carbocycles. The second-order valence-corrected chi connectivity index (χ2v) is 4.21. The highest BCUT2D eigenvalue weighted by atomic mass is 35.5. The first-order valence-electron chi connectivity index (χ1n) is 4.35. The summed E-state index contributed by atoms with van der Waals surface area (Å²) in [4.78, 5) is 2.39. The number of hydrogen-bond donors (Lipinski definition) is 0. The summed E-state index contributed by atoms with van der Waals surface area (Å²) in [6.45, 7) is 5.27. The molecule has 1 aliphatic rings. The molecule has 1 nitrogen and oxygen atoms in total. The van der Waals surface area contributed by atoms with Gasteiger partial charge >= 0.3 is 0 Å². The first-order valence-corrected chi connectivity index (χ1v) is 5.17. The van der Waals surface area contributed by atoms with Crippen LogP contribution in [0, 0.1) is 0 Å². The van der Waals surface area contributed by atoms with E-state index >= 15 is 0 Å². The minimum atomic E-state index is 0.644. The molecule has 0 aromatic heterocycles. The first kappa shape index (κ1) is 10.4. The van der Waals surface area contributed by atoms with E-state index in [1.54, 1.807) is 0 Å². The van der Waals surface area contributed by atoms with Crippen molar-refractivity contribution in [2.45, 2.75) is 38.8 Å². The maximum atomic E-state index is 5.86. The Kier molecular flexibility index (Phi) is 3.88. The Balaban J connectivity index is 2.50. The van der Waals surface area contributed by atoms with Crippen molar-refractivity contribution in [1.29, 1.82) is 0 Å². The van der Waals surface area contributed by atoms with Crippen molar-refractivity contribution in [1.82, 2.24) is 4.90 Å². The van der Waals surface area contributed by atoms with Crippen LogP contribution in [0.3, 0.4) is 0 Å². The van der Waals surface area contributed by atoms with E-state index in [9.17, 15) is 0 Å². The molecule has 0 aliphatic carbocycles. The van der Waals surface area contributed by atoms with E-state index < -0.39 is 0 Å². The second-order valence-electron chi connectivity index (χ2n) is 3.50. The van der Waals surface area contributed by atoms with Crippen LogP contribution >= 0.6 is 23.2 Å². The van der Waals surface area contributed by atoms with Gasteiger partial charge in [-0.3, -0.25) is 4.90 Å². The molecular weight excluding hydrogens is 193 g/mol. The Labute approximate surface area is 84.3 Å². The molecule has 0 amide bonds. The van der Waals surface area contributed by atoms with E-state index in [-0.39, 0.29) is 0 Å². The third-order valence-electron chi connectivity index (χ3n) is 2.59. The maximum Gasteiger partial charge on any atom is 0.0434 e. The lowest BCUT2D eigenvalue weighted by atomic mass is 10.2. The Hall–Kier alpha value is 0.280. The van der Waals surface area contributed by atoms with Crippen LogP contribution in [0.15, 0.2) is 10.6 Å². The third kappa shape index (κ3) is 2.38. The molecule has 1 aliphatic heterocycles. The topological polar surface area (TPSA) is 3.24 Å². The van der Waals surface area contributed by atoms with Crippen molar-refractivity contribution in [2.24, 2.45) is 0 Å². The second kappa shape index (κ2) is 4.50. The van der Waals surface area contributed by atoms with Gasteiger partial charge in [0.1, 0.15) is 0 Å². The summed E-state index contributed by atoms with van der Waals surface area (Å²) in [6, 6.07) is 1.29. The molecule has 0 aromatic rings. The summed E-state index contributed by atoms with van der Waals surface area (Å²) in [7, 11) is 0. The standard InChI is InChI=1S/C9H15Cl2N/c1-7-3-4-8(2)12(7)6-9(11)5-10/h5,7-8H,3-4,6H2,1-2H3/b9-5-. The normalized spacial score (nSPS) is 32.8. The molecule has 1 fully saturated rings. The van der Waals surface area contributed by atoms with E-state index in [1.165, 1.54) is 18.4 Å². The van der Waals surface area contributed by atoms with Crippen molar-refractivity contribution < 1.29 is 0 Å². The number of hydrogen-bond acceptors (Lipinski definition) is 1. The molecule has 12 heavy (non-hydrogen) atoms. The molecule has 0 saturated carbocycles. The van der Waals surface area contributed by atoms with Gasteiger partial charge < -0.3 is 0 Å².